The van der Waals surface area contributed by atoms with Crippen LogP contribution in [0.2, 0.25) is 0 Å². The lowest BCUT2D eigenvalue weighted by atomic mass is 9.87. The third-order valence-corrected chi connectivity index (χ3v) is 3.94. The minimum atomic E-state index is 0.200. The Hall–Kier alpha value is -1.31. The minimum absolute atomic E-state index is 0.200. The van der Waals surface area contributed by atoms with Crippen molar-refractivity contribution in [2.24, 2.45) is 5.92 Å². The average molecular weight is 245 g/mol. The molecule has 0 aliphatic heterocycles. The smallest absolute Gasteiger partial charge is 0.220 e. The van der Waals surface area contributed by atoms with Gasteiger partial charge in [-0.2, -0.15) is 0 Å². The molecule has 0 saturated heterocycles. The topological polar surface area (TPSA) is 29.1 Å². The number of amides is 1. The molecule has 1 amide bonds. The molecule has 0 saturated carbocycles. The summed E-state index contributed by atoms with van der Waals surface area (Å²) >= 11 is 0. The number of aryl methyl sites for hydroxylation is 1. The fraction of sp³-hybridized carbons (Fsp3) is 0.562. The fourth-order valence-corrected chi connectivity index (χ4v) is 2.62. The van der Waals surface area contributed by atoms with E-state index in [9.17, 15) is 4.79 Å². The van der Waals surface area contributed by atoms with E-state index in [4.69, 9.17) is 0 Å². The predicted molar refractivity (Wildman–Crippen MR) is 74.3 cm³/mol. The molecule has 1 aliphatic carbocycles. The van der Waals surface area contributed by atoms with Gasteiger partial charge in [-0.05, 0) is 36.3 Å². The van der Waals surface area contributed by atoms with Gasteiger partial charge >= 0.3 is 0 Å². The molecule has 1 N–H and O–H groups in total. The first-order chi connectivity index (χ1) is 8.70. The van der Waals surface area contributed by atoms with Gasteiger partial charge in [0.05, 0.1) is 6.04 Å². The third kappa shape index (κ3) is 3.12. The van der Waals surface area contributed by atoms with Crippen LogP contribution in [0.25, 0.3) is 0 Å². The number of benzene rings is 1. The summed E-state index contributed by atoms with van der Waals surface area (Å²) in [5, 5.41) is 3.20. The van der Waals surface area contributed by atoms with E-state index in [-0.39, 0.29) is 11.9 Å². The summed E-state index contributed by atoms with van der Waals surface area (Å²) in [5.74, 6) is 0.676. The van der Waals surface area contributed by atoms with Gasteiger partial charge in [-0.3, -0.25) is 4.79 Å². The van der Waals surface area contributed by atoms with Gasteiger partial charge in [0.2, 0.25) is 5.91 Å². The Bertz CT molecular complexity index is 413. The van der Waals surface area contributed by atoms with E-state index in [0.717, 1.165) is 19.3 Å². The Morgan fingerprint density at radius 1 is 1.44 bits per heavy atom. The molecule has 98 valence electrons. The van der Waals surface area contributed by atoms with Gasteiger partial charge < -0.3 is 5.32 Å². The van der Waals surface area contributed by atoms with Gasteiger partial charge in [-0.15, -0.1) is 0 Å². The molecule has 1 unspecified atom stereocenters. The van der Waals surface area contributed by atoms with Crippen LogP contribution in [0.3, 0.4) is 0 Å². The van der Waals surface area contributed by atoms with Crippen molar-refractivity contribution in [3.63, 3.8) is 0 Å². The number of hydrogen-bond donors (Lipinski definition) is 1. The summed E-state index contributed by atoms with van der Waals surface area (Å²) in [6, 6.07) is 8.72. The molecule has 0 fully saturated rings. The molecule has 0 spiro atoms. The van der Waals surface area contributed by atoms with Gasteiger partial charge in [0.1, 0.15) is 0 Å². The second-order valence-electron chi connectivity index (χ2n) is 5.43. The summed E-state index contributed by atoms with van der Waals surface area (Å²) in [7, 11) is 0. The third-order valence-electron chi connectivity index (χ3n) is 3.94. The molecule has 1 aromatic rings. The first kappa shape index (κ1) is 13.1. The highest BCUT2D eigenvalue weighted by atomic mass is 16.1. The Morgan fingerprint density at radius 2 is 2.22 bits per heavy atom. The molecule has 2 atom stereocenters. The van der Waals surface area contributed by atoms with Gasteiger partial charge in [0, 0.05) is 6.42 Å². The maximum absolute atomic E-state index is 12.0. The molecule has 0 bridgehead atoms. The number of nitrogens with one attached hydrogen (secondary N) is 1. The fourth-order valence-electron chi connectivity index (χ4n) is 2.62. The predicted octanol–water partition coefficient (Wildman–Crippen LogP) is 3.62. The van der Waals surface area contributed by atoms with E-state index in [1.165, 1.54) is 17.5 Å². The van der Waals surface area contributed by atoms with Crippen molar-refractivity contribution < 1.29 is 4.79 Å². The minimum Gasteiger partial charge on any atom is -0.349 e. The Kier molecular flexibility index (Phi) is 4.40. The van der Waals surface area contributed by atoms with Crippen molar-refractivity contribution in [1.29, 1.82) is 0 Å². The van der Waals surface area contributed by atoms with Gasteiger partial charge in [0.15, 0.2) is 0 Å². The standard InChI is InChI=1S/C16H23NO/c1-3-12(2)11-16(18)17-15-10-6-8-13-7-4-5-9-14(13)15/h4-5,7,9,12,15H,3,6,8,10-11H2,1-2H3,(H,17,18)/t12?,15-/m1/s1. The largest absolute Gasteiger partial charge is 0.349 e. The lowest BCUT2D eigenvalue weighted by molar-refractivity contribution is -0.122. The van der Waals surface area contributed by atoms with Crippen molar-refractivity contribution in [1.82, 2.24) is 5.32 Å². The van der Waals surface area contributed by atoms with Crippen LogP contribution in [-0.2, 0) is 11.2 Å². The monoisotopic (exact) mass is 245 g/mol. The summed E-state index contributed by atoms with van der Waals surface area (Å²) in [6.45, 7) is 4.27. The Morgan fingerprint density at radius 3 is 3.00 bits per heavy atom. The summed E-state index contributed by atoms with van der Waals surface area (Å²) in [5.41, 5.74) is 2.72. The molecule has 2 nitrogen and oxygen atoms in total. The average Bonchev–Trinajstić information content (AvgIpc) is 2.39. The first-order valence-electron chi connectivity index (χ1n) is 7.08. The molecular weight excluding hydrogens is 222 g/mol. The van der Waals surface area contributed by atoms with E-state index in [2.05, 4.69) is 43.4 Å². The van der Waals surface area contributed by atoms with E-state index in [0.29, 0.717) is 12.3 Å². The normalized spacial score (nSPS) is 20.0. The highest BCUT2D eigenvalue weighted by Gasteiger charge is 2.21. The van der Waals surface area contributed by atoms with Crippen LogP contribution in [0.15, 0.2) is 24.3 Å². The maximum Gasteiger partial charge on any atom is 0.220 e. The van der Waals surface area contributed by atoms with Gasteiger partial charge in [-0.25, -0.2) is 0 Å². The summed E-state index contributed by atoms with van der Waals surface area (Å²) in [6.07, 6.45) is 5.10. The number of hydrogen-bond acceptors (Lipinski definition) is 1. The van der Waals surface area contributed by atoms with Crippen LogP contribution < -0.4 is 5.32 Å². The SMILES string of the molecule is CCC(C)CC(=O)N[C@@H]1CCCc2ccccc21. The molecule has 0 aromatic heterocycles. The summed E-state index contributed by atoms with van der Waals surface area (Å²) < 4.78 is 0. The van der Waals surface area contributed by atoms with Crippen LogP contribution in [0.4, 0.5) is 0 Å². The Balaban J connectivity index is 2.01. The van der Waals surface area contributed by atoms with Crippen LogP contribution in [0.5, 0.6) is 0 Å². The number of fused-ring (bicyclic) bond motifs is 1. The Labute approximate surface area is 110 Å². The molecule has 1 aliphatic rings. The van der Waals surface area contributed by atoms with Crippen LogP contribution in [-0.4, -0.2) is 5.91 Å². The van der Waals surface area contributed by atoms with Crippen molar-refractivity contribution >= 4 is 5.91 Å². The molecule has 18 heavy (non-hydrogen) atoms. The van der Waals surface area contributed by atoms with Crippen molar-refractivity contribution in [2.75, 3.05) is 0 Å². The molecule has 2 rings (SSSR count). The molecular formula is C16H23NO. The highest BCUT2D eigenvalue weighted by Crippen LogP contribution is 2.29. The molecule has 0 heterocycles. The van der Waals surface area contributed by atoms with Crippen molar-refractivity contribution in [3.05, 3.63) is 35.4 Å². The maximum atomic E-state index is 12.0. The van der Waals surface area contributed by atoms with Gasteiger partial charge in [-0.1, -0.05) is 44.5 Å². The van der Waals surface area contributed by atoms with E-state index in [1.807, 2.05) is 0 Å². The second-order valence-corrected chi connectivity index (χ2v) is 5.43. The zero-order valence-corrected chi connectivity index (χ0v) is 11.4. The van der Waals surface area contributed by atoms with Crippen molar-refractivity contribution in [2.45, 2.75) is 52.0 Å². The van der Waals surface area contributed by atoms with Crippen LogP contribution in [0, 0.1) is 5.92 Å². The quantitative estimate of drug-likeness (QED) is 0.862. The number of rotatable bonds is 4. The number of carbonyl (C=O) groups is 1. The van der Waals surface area contributed by atoms with E-state index in [1.54, 1.807) is 0 Å². The molecule has 0 radical (unpaired) electrons. The lowest BCUT2D eigenvalue weighted by Gasteiger charge is -2.26. The van der Waals surface area contributed by atoms with Crippen LogP contribution >= 0.6 is 0 Å². The lowest BCUT2D eigenvalue weighted by Crippen LogP contribution is -2.31. The van der Waals surface area contributed by atoms with Crippen LogP contribution in [0.1, 0.15) is 56.7 Å². The zero-order valence-electron chi connectivity index (χ0n) is 11.4. The first-order valence-corrected chi connectivity index (χ1v) is 7.08. The number of carbonyl (C=O) groups excluding carboxylic acids is 1. The molecule has 2 heteroatoms. The molecule has 1 aromatic carbocycles. The van der Waals surface area contributed by atoms with Crippen molar-refractivity contribution in [3.8, 4) is 0 Å². The van der Waals surface area contributed by atoms with E-state index < -0.39 is 0 Å². The highest BCUT2D eigenvalue weighted by molar-refractivity contribution is 5.76. The van der Waals surface area contributed by atoms with E-state index >= 15 is 0 Å². The van der Waals surface area contributed by atoms with Gasteiger partial charge in [0.25, 0.3) is 0 Å². The summed E-state index contributed by atoms with van der Waals surface area (Å²) in [4.78, 5) is 12.0. The zero-order chi connectivity index (χ0) is 13.0. The second kappa shape index (κ2) is 6.03.